The van der Waals surface area contributed by atoms with Crippen molar-refractivity contribution >= 4 is 109 Å². The Kier molecular flexibility index (Phi) is 10.1. The Hall–Kier alpha value is -7.03. The van der Waals surface area contributed by atoms with Crippen molar-refractivity contribution in [3.05, 3.63) is 243 Å². The van der Waals surface area contributed by atoms with Crippen LogP contribution in [-0.2, 0) is 0 Å². The van der Waals surface area contributed by atoms with Crippen LogP contribution in [0, 0.1) is 0 Å². The van der Waals surface area contributed by atoms with Crippen molar-refractivity contribution in [3.63, 3.8) is 0 Å². The molecule has 0 radical (unpaired) electrons. The smallest absolute Gasteiger partial charge is 0.397 e. The van der Waals surface area contributed by atoms with Gasteiger partial charge in [-0.3, -0.25) is 0 Å². The lowest BCUT2D eigenvalue weighted by atomic mass is 9.98. The van der Waals surface area contributed by atoms with Crippen molar-refractivity contribution in [1.82, 2.24) is 0 Å². The molecule has 0 bridgehead atoms. The van der Waals surface area contributed by atoms with Crippen LogP contribution in [0.4, 0.5) is 0 Å². The average Bonchev–Trinajstić information content (AvgIpc) is 3.55. The highest BCUT2D eigenvalue weighted by molar-refractivity contribution is 7.32. The second-order valence-corrected chi connectivity index (χ2v) is 24.4. The maximum atomic E-state index is 11.1. The van der Waals surface area contributed by atoms with E-state index in [0.29, 0.717) is 11.2 Å². The van der Waals surface area contributed by atoms with Crippen molar-refractivity contribution in [2.45, 2.75) is 0 Å². The molecule has 0 aliphatic rings. The van der Waals surface area contributed by atoms with Gasteiger partial charge >= 0.3 is 8.24 Å². The molecular weight excluding hydrogens is 824 g/mol. The summed E-state index contributed by atoms with van der Waals surface area (Å²) in [7, 11) is -8.93. The largest absolute Gasteiger partial charge is 0.417 e. The van der Waals surface area contributed by atoms with E-state index in [9.17, 15) is 5.26 Å². The molecule has 0 aliphatic carbocycles. The highest BCUT2D eigenvalue weighted by Crippen LogP contribution is 2.40. The Morgan fingerprint density at radius 2 is 0.587 bits per heavy atom. The van der Waals surface area contributed by atoms with Gasteiger partial charge < -0.3 is 8.39 Å². The molecule has 0 saturated heterocycles. The van der Waals surface area contributed by atoms with Gasteiger partial charge in [-0.2, -0.15) is 0 Å². The number of hydrogen-bond donors (Lipinski definition) is 1. The molecule has 0 spiro atoms. The lowest BCUT2D eigenvalue weighted by molar-refractivity contribution is -0.0890. The predicted molar refractivity (Wildman–Crippen MR) is 268 cm³/mol. The fraction of sp³-hybridized carbons (Fsp3) is 0. The molecule has 0 atom stereocenters. The third kappa shape index (κ3) is 6.26. The normalized spacial score (nSPS) is 12.0. The van der Waals surface area contributed by atoms with Gasteiger partial charge in [0.25, 0.3) is 0 Å². The quantitative estimate of drug-likeness (QED) is 0.0681. The topological polar surface area (TPSA) is 55.7 Å². The van der Waals surface area contributed by atoms with Crippen LogP contribution >= 0.6 is 8.24 Å². The van der Waals surface area contributed by atoms with Crippen LogP contribution in [0.25, 0.3) is 43.5 Å². The molecule has 0 fully saturated rings. The zero-order chi connectivity index (χ0) is 42.2. The van der Waals surface area contributed by atoms with Crippen molar-refractivity contribution < 1.29 is 18.3 Å². The first-order chi connectivity index (χ1) is 31.2. The van der Waals surface area contributed by atoms with Crippen LogP contribution in [0.5, 0.6) is 0 Å². The van der Waals surface area contributed by atoms with Crippen LogP contribution < -0.4 is 46.2 Å². The minimum Gasteiger partial charge on any atom is -0.397 e. The summed E-state index contributed by atoms with van der Waals surface area (Å²) in [6, 6.07) is 87.0. The van der Waals surface area contributed by atoms with Gasteiger partial charge in [0.2, 0.25) is 0 Å². The minimum absolute atomic E-state index is 0.643. The second kappa shape index (κ2) is 16.3. The second-order valence-electron chi connectivity index (χ2n) is 15.9. The fourth-order valence-corrected chi connectivity index (χ4v) is 20.9. The molecule has 1 heterocycles. The SMILES string of the molecule is OOp1oc2c([Si](c3ccccc3)(c3ccccc3)c3ccccc3)cc3ccccc3c2c2c(o1)c([Si](c1ccccc1)(c1ccccc1)c1ccccc1)cc1ccccc12. The van der Waals surface area contributed by atoms with Crippen LogP contribution in [0.15, 0.2) is 251 Å². The van der Waals surface area contributed by atoms with Gasteiger partial charge in [0.1, 0.15) is 11.2 Å². The summed E-state index contributed by atoms with van der Waals surface area (Å²) >= 11 is 0. The molecule has 7 heteroatoms. The summed E-state index contributed by atoms with van der Waals surface area (Å²) in [5.41, 5.74) is 1.29. The van der Waals surface area contributed by atoms with Gasteiger partial charge in [-0.05, 0) is 63.0 Å². The van der Waals surface area contributed by atoms with E-state index in [0.717, 1.165) is 42.7 Å². The van der Waals surface area contributed by atoms with Crippen molar-refractivity contribution in [2.24, 2.45) is 0 Å². The van der Waals surface area contributed by atoms with Gasteiger partial charge in [0.15, 0.2) is 16.1 Å². The molecule has 4 nitrogen and oxygen atoms in total. The van der Waals surface area contributed by atoms with E-state index >= 15 is 0 Å². The maximum Gasteiger partial charge on any atom is 0.417 e. The highest BCUT2D eigenvalue weighted by atomic mass is 31.1. The predicted octanol–water partition coefficient (Wildman–Crippen LogP) is 9.25. The molecule has 1 N–H and O–H groups in total. The molecule has 0 amide bonds. The molecule has 11 aromatic rings. The Bertz CT molecular complexity index is 3000. The Morgan fingerprint density at radius 1 is 0.333 bits per heavy atom. The van der Waals surface area contributed by atoms with Gasteiger partial charge in [0, 0.05) is 10.8 Å². The van der Waals surface area contributed by atoms with E-state index in [1.54, 1.807) is 0 Å². The van der Waals surface area contributed by atoms with E-state index in [1.807, 2.05) is 0 Å². The summed E-state index contributed by atoms with van der Waals surface area (Å²) in [5, 5.41) is 26.4. The van der Waals surface area contributed by atoms with Gasteiger partial charge in [-0.15, -0.1) is 4.67 Å². The monoisotopic (exact) mass is 864 g/mol. The molecule has 1 aromatic heterocycles. The minimum atomic E-state index is -3.26. The molecule has 0 aliphatic heterocycles. The molecule has 11 rings (SSSR count). The summed E-state index contributed by atoms with van der Waals surface area (Å²) in [6.45, 7) is 0. The van der Waals surface area contributed by atoms with Crippen LogP contribution in [0.2, 0.25) is 0 Å². The van der Waals surface area contributed by atoms with E-state index in [4.69, 9.17) is 13.1 Å². The van der Waals surface area contributed by atoms with Gasteiger partial charge in [-0.1, -0.05) is 243 Å². The first kappa shape index (κ1) is 38.9. The van der Waals surface area contributed by atoms with Gasteiger partial charge in [0.05, 0.1) is 0 Å². The van der Waals surface area contributed by atoms with E-state index < -0.39 is 24.4 Å². The summed E-state index contributed by atoms with van der Waals surface area (Å²) in [6.07, 6.45) is 0. The standard InChI is InChI=1S/C56H41O4PSi2/c57-60-61-58-55-51(62(43-25-7-1-8-26-43,44-27-9-2-10-28-44)45-29-11-3-12-30-45)39-41-23-19-21-37-49(41)53(55)54-50-38-22-20-24-42(50)40-52(56(54)59-61)63(46-31-13-4-14-32-46,47-33-15-5-16-34-47)48-35-17-6-18-36-48/h1-40,57H. The van der Waals surface area contributed by atoms with Crippen LogP contribution in [-0.4, -0.2) is 21.4 Å². The molecule has 302 valence electrons. The summed E-state index contributed by atoms with van der Waals surface area (Å²) < 4.78 is 19.9. The van der Waals surface area contributed by atoms with Crippen molar-refractivity contribution in [2.75, 3.05) is 0 Å². The number of rotatable bonds is 9. The van der Waals surface area contributed by atoms with Crippen LogP contribution in [0.1, 0.15) is 0 Å². The zero-order valence-corrected chi connectivity index (χ0v) is 37.1. The first-order valence-corrected chi connectivity index (χ1v) is 26.3. The fourth-order valence-electron chi connectivity index (χ4n) is 10.2. The Labute approximate surface area is 368 Å². The molecular formula is C56H41O4PSi2. The number of fused-ring (bicyclic) bond motifs is 7. The van der Waals surface area contributed by atoms with E-state index in [2.05, 4.69) is 243 Å². The lowest BCUT2D eigenvalue weighted by Crippen LogP contribution is -2.75. The van der Waals surface area contributed by atoms with Crippen molar-refractivity contribution in [3.8, 4) is 0 Å². The Balaban J connectivity index is 1.44. The maximum absolute atomic E-state index is 11.1. The average molecular weight is 865 g/mol. The van der Waals surface area contributed by atoms with Crippen molar-refractivity contribution in [1.29, 1.82) is 0 Å². The number of hydrogen-bond acceptors (Lipinski definition) is 4. The zero-order valence-electron chi connectivity index (χ0n) is 34.2. The van der Waals surface area contributed by atoms with E-state index in [1.165, 1.54) is 31.1 Å². The summed E-state index contributed by atoms with van der Waals surface area (Å²) in [4.78, 5) is 0. The molecule has 0 saturated carbocycles. The number of benzene rings is 10. The van der Waals surface area contributed by atoms with Crippen LogP contribution in [0.3, 0.4) is 0 Å². The lowest BCUT2D eigenvalue weighted by Gasteiger charge is -2.35. The summed E-state index contributed by atoms with van der Waals surface area (Å²) in [5.74, 6) is 0. The molecule has 10 aromatic carbocycles. The Morgan fingerprint density at radius 3 is 0.857 bits per heavy atom. The highest BCUT2D eigenvalue weighted by Gasteiger charge is 2.46. The van der Waals surface area contributed by atoms with E-state index in [-0.39, 0.29) is 0 Å². The van der Waals surface area contributed by atoms with Gasteiger partial charge in [-0.25, -0.2) is 5.26 Å². The third-order valence-corrected chi connectivity index (χ3v) is 23.1. The molecule has 0 unspecified atom stereocenters. The first-order valence-electron chi connectivity index (χ1n) is 21.2. The molecule has 63 heavy (non-hydrogen) atoms. The third-order valence-electron chi connectivity index (χ3n) is 12.7.